The maximum Gasteiger partial charge on any atom is 0.249 e. The normalized spacial score (nSPS) is 16.4. The van der Waals surface area contributed by atoms with Gasteiger partial charge in [-0.25, -0.2) is 4.39 Å². The van der Waals surface area contributed by atoms with Gasteiger partial charge in [0.25, 0.3) is 0 Å². The molecule has 0 radical (unpaired) electrons. The average molecular weight is 416 g/mol. The van der Waals surface area contributed by atoms with E-state index in [9.17, 15) is 9.18 Å². The van der Waals surface area contributed by atoms with Crippen LogP contribution in [-0.4, -0.2) is 27.6 Å². The minimum Gasteiger partial charge on any atom is -0.494 e. The fourth-order valence-corrected chi connectivity index (χ4v) is 3.62. The lowest BCUT2D eigenvalue weighted by atomic mass is 10.1. The Morgan fingerprint density at radius 1 is 1.28 bits per heavy atom. The number of likely N-dealkylation sites (tertiary alicyclic amines) is 1. The summed E-state index contributed by atoms with van der Waals surface area (Å²) in [6, 6.07) is 11.4. The number of amides is 1. The third kappa shape index (κ3) is 3.96. The summed E-state index contributed by atoms with van der Waals surface area (Å²) in [5.41, 5.74) is 1.05. The van der Waals surface area contributed by atoms with Crippen LogP contribution in [0, 0.1) is 5.82 Å². The lowest BCUT2D eigenvalue weighted by Gasteiger charge is -2.22. The Labute approximate surface area is 172 Å². The van der Waals surface area contributed by atoms with Crippen molar-refractivity contribution >= 4 is 17.5 Å². The molecule has 29 heavy (non-hydrogen) atoms. The van der Waals surface area contributed by atoms with E-state index < -0.39 is 11.9 Å². The number of hydrogen-bond donors (Lipinski definition) is 0. The Morgan fingerprint density at radius 3 is 2.79 bits per heavy atom. The van der Waals surface area contributed by atoms with Gasteiger partial charge in [-0.3, -0.25) is 4.79 Å². The number of hydrogen-bond acceptors (Lipinski definition) is 5. The van der Waals surface area contributed by atoms with Crippen LogP contribution in [0.3, 0.4) is 0 Å². The number of carbonyl (C=O) groups is 1. The van der Waals surface area contributed by atoms with Crippen molar-refractivity contribution in [1.29, 1.82) is 0 Å². The van der Waals surface area contributed by atoms with E-state index in [-0.39, 0.29) is 23.0 Å². The average Bonchev–Trinajstić information content (AvgIpc) is 3.33. The molecule has 1 atom stereocenters. The van der Waals surface area contributed by atoms with Gasteiger partial charge in [-0.05, 0) is 49.7 Å². The minimum atomic E-state index is -0.448. The lowest BCUT2D eigenvalue weighted by molar-refractivity contribution is -0.130. The van der Waals surface area contributed by atoms with Crippen molar-refractivity contribution in [3.05, 3.63) is 64.8 Å². The molecule has 0 saturated carbocycles. The summed E-state index contributed by atoms with van der Waals surface area (Å²) in [6.45, 7) is 2.56. The number of ether oxygens (including phenoxy) is 1. The van der Waals surface area contributed by atoms with Crippen LogP contribution in [0.25, 0.3) is 11.4 Å². The summed E-state index contributed by atoms with van der Waals surface area (Å²) < 4.78 is 25.1. The Bertz CT molecular complexity index is 1000. The molecule has 1 saturated heterocycles. The second-order valence-electron chi connectivity index (χ2n) is 6.69. The fraction of sp³-hybridized carbons (Fsp3) is 0.286. The largest absolute Gasteiger partial charge is 0.494 e. The second kappa shape index (κ2) is 8.21. The van der Waals surface area contributed by atoms with Crippen LogP contribution in [0.1, 0.15) is 37.3 Å². The first-order chi connectivity index (χ1) is 14.1. The Kier molecular flexibility index (Phi) is 5.49. The number of carbonyl (C=O) groups excluding carboxylic acids is 1. The van der Waals surface area contributed by atoms with Crippen LogP contribution in [0.2, 0.25) is 5.02 Å². The molecule has 3 aromatic rings. The fourth-order valence-electron chi connectivity index (χ4n) is 3.40. The van der Waals surface area contributed by atoms with Gasteiger partial charge in [0.2, 0.25) is 17.6 Å². The second-order valence-corrected chi connectivity index (χ2v) is 7.10. The van der Waals surface area contributed by atoms with Crippen molar-refractivity contribution in [2.24, 2.45) is 0 Å². The zero-order valence-corrected chi connectivity index (χ0v) is 16.5. The van der Waals surface area contributed by atoms with E-state index in [0.717, 1.165) is 11.3 Å². The number of nitrogens with zero attached hydrogens (tertiary/aromatic N) is 3. The molecule has 150 valence electrons. The molecule has 2 heterocycles. The zero-order chi connectivity index (χ0) is 20.4. The molecule has 8 heteroatoms. The molecular weight excluding hydrogens is 397 g/mol. The van der Waals surface area contributed by atoms with Crippen molar-refractivity contribution in [1.82, 2.24) is 15.0 Å². The van der Waals surface area contributed by atoms with Gasteiger partial charge < -0.3 is 14.2 Å². The molecule has 0 N–H and O–H groups in total. The van der Waals surface area contributed by atoms with Crippen molar-refractivity contribution in [3.63, 3.8) is 0 Å². The predicted octanol–water partition coefficient (Wildman–Crippen LogP) is 4.79. The van der Waals surface area contributed by atoms with Gasteiger partial charge in [-0.15, -0.1) is 0 Å². The quantitative estimate of drug-likeness (QED) is 0.579. The lowest BCUT2D eigenvalue weighted by Crippen LogP contribution is -2.28. The van der Waals surface area contributed by atoms with E-state index in [1.165, 1.54) is 12.1 Å². The molecule has 1 aromatic heterocycles. The standard InChI is InChI=1S/C21H19ClFN3O3/c1-2-28-14-8-6-13(7-9-14)20-24-21(29-25-20)18-10-11-19(27)26(18)12-15-16(22)4-3-5-17(15)23/h3-9,18H,2,10-12H2,1H3. The summed E-state index contributed by atoms with van der Waals surface area (Å²) in [4.78, 5) is 18.4. The van der Waals surface area contributed by atoms with Gasteiger partial charge in [0, 0.05) is 22.6 Å². The molecule has 1 aliphatic heterocycles. The van der Waals surface area contributed by atoms with E-state index in [0.29, 0.717) is 31.2 Å². The van der Waals surface area contributed by atoms with Crippen LogP contribution in [-0.2, 0) is 11.3 Å². The van der Waals surface area contributed by atoms with Gasteiger partial charge in [0.1, 0.15) is 17.6 Å². The molecule has 2 aromatic carbocycles. The SMILES string of the molecule is CCOc1ccc(-c2noc(C3CCC(=O)N3Cc3c(F)cccc3Cl)n2)cc1. The first-order valence-corrected chi connectivity index (χ1v) is 9.73. The van der Waals surface area contributed by atoms with Crippen LogP contribution in [0.4, 0.5) is 4.39 Å². The van der Waals surface area contributed by atoms with Crippen molar-refractivity contribution in [2.45, 2.75) is 32.4 Å². The molecule has 4 rings (SSSR count). The van der Waals surface area contributed by atoms with Gasteiger partial charge >= 0.3 is 0 Å². The summed E-state index contributed by atoms with van der Waals surface area (Å²) in [5.74, 6) is 0.958. The van der Waals surface area contributed by atoms with Gasteiger partial charge in [-0.2, -0.15) is 4.98 Å². The summed E-state index contributed by atoms with van der Waals surface area (Å²) in [7, 11) is 0. The van der Waals surface area contributed by atoms with Crippen LogP contribution in [0.5, 0.6) is 5.75 Å². The predicted molar refractivity (Wildman–Crippen MR) is 105 cm³/mol. The Morgan fingerprint density at radius 2 is 2.07 bits per heavy atom. The minimum absolute atomic E-state index is 0.0514. The Hall–Kier alpha value is -2.93. The highest BCUT2D eigenvalue weighted by Crippen LogP contribution is 2.35. The van der Waals surface area contributed by atoms with E-state index in [2.05, 4.69) is 10.1 Å². The van der Waals surface area contributed by atoms with E-state index >= 15 is 0 Å². The summed E-state index contributed by atoms with van der Waals surface area (Å²) >= 11 is 6.13. The molecule has 0 spiro atoms. The summed E-state index contributed by atoms with van der Waals surface area (Å²) in [5, 5.41) is 4.32. The number of rotatable bonds is 6. The molecule has 6 nitrogen and oxygen atoms in total. The van der Waals surface area contributed by atoms with Crippen LogP contribution >= 0.6 is 11.6 Å². The molecule has 1 amide bonds. The monoisotopic (exact) mass is 415 g/mol. The number of halogens is 2. The van der Waals surface area contributed by atoms with Crippen LogP contribution < -0.4 is 4.74 Å². The molecule has 1 unspecified atom stereocenters. The highest BCUT2D eigenvalue weighted by molar-refractivity contribution is 6.31. The maximum absolute atomic E-state index is 14.2. The van der Waals surface area contributed by atoms with Crippen LogP contribution in [0.15, 0.2) is 47.0 Å². The van der Waals surface area contributed by atoms with E-state index in [1.807, 2.05) is 31.2 Å². The highest BCUT2D eigenvalue weighted by atomic mass is 35.5. The molecule has 0 aliphatic carbocycles. The highest BCUT2D eigenvalue weighted by Gasteiger charge is 2.36. The first-order valence-electron chi connectivity index (χ1n) is 9.36. The van der Waals surface area contributed by atoms with Crippen molar-refractivity contribution in [3.8, 4) is 17.1 Å². The number of aromatic nitrogens is 2. The van der Waals surface area contributed by atoms with E-state index in [1.54, 1.807) is 11.0 Å². The smallest absolute Gasteiger partial charge is 0.249 e. The van der Waals surface area contributed by atoms with Gasteiger partial charge in [0.15, 0.2) is 0 Å². The third-order valence-electron chi connectivity index (χ3n) is 4.87. The zero-order valence-electron chi connectivity index (χ0n) is 15.8. The van der Waals surface area contributed by atoms with Gasteiger partial charge in [-0.1, -0.05) is 22.8 Å². The van der Waals surface area contributed by atoms with Gasteiger partial charge in [0.05, 0.1) is 13.2 Å². The van der Waals surface area contributed by atoms with E-state index in [4.69, 9.17) is 20.9 Å². The first kappa shape index (κ1) is 19.4. The third-order valence-corrected chi connectivity index (χ3v) is 5.22. The molecule has 0 bridgehead atoms. The molecule has 1 aliphatic rings. The van der Waals surface area contributed by atoms with Crippen molar-refractivity contribution in [2.75, 3.05) is 6.61 Å². The maximum atomic E-state index is 14.2. The number of benzene rings is 2. The molecular formula is C21H19ClFN3O3. The molecule has 1 fully saturated rings. The van der Waals surface area contributed by atoms with Crippen molar-refractivity contribution < 1.29 is 18.4 Å². The Balaban J connectivity index is 1.57. The summed E-state index contributed by atoms with van der Waals surface area (Å²) in [6.07, 6.45) is 0.854. The topological polar surface area (TPSA) is 68.5 Å².